The summed E-state index contributed by atoms with van der Waals surface area (Å²) in [5.74, 6) is -0.231. The van der Waals surface area contributed by atoms with Gasteiger partial charge in [0.25, 0.3) is 0 Å². The number of nitrogens with one attached hydrogen (secondary N) is 1. The third kappa shape index (κ3) is 4.32. The Labute approximate surface area is 127 Å². The summed E-state index contributed by atoms with van der Waals surface area (Å²) >= 11 is 3.15. The maximum Gasteiger partial charge on any atom is 0.137 e. The summed E-state index contributed by atoms with van der Waals surface area (Å²) in [5.41, 5.74) is 3.23. The van der Waals surface area contributed by atoms with Crippen LogP contribution < -0.4 is 5.32 Å². The van der Waals surface area contributed by atoms with Gasteiger partial charge in [0.1, 0.15) is 5.82 Å². The topological polar surface area (TPSA) is 15.3 Å². The van der Waals surface area contributed by atoms with Crippen molar-refractivity contribution in [1.29, 1.82) is 0 Å². The number of halogens is 2. The third-order valence-corrected chi connectivity index (χ3v) is 3.58. The van der Waals surface area contributed by atoms with Crippen molar-refractivity contribution in [3.8, 4) is 0 Å². The summed E-state index contributed by atoms with van der Waals surface area (Å²) in [6.45, 7) is 1.54. The van der Waals surface area contributed by atoms with Crippen LogP contribution in [0, 0.1) is 5.82 Å². The summed E-state index contributed by atoms with van der Waals surface area (Å²) in [7, 11) is 4.10. The van der Waals surface area contributed by atoms with E-state index in [4.69, 9.17) is 0 Å². The van der Waals surface area contributed by atoms with Crippen LogP contribution in [0.2, 0.25) is 0 Å². The average Bonchev–Trinajstić information content (AvgIpc) is 2.41. The van der Waals surface area contributed by atoms with Crippen molar-refractivity contribution >= 4 is 21.6 Å². The highest BCUT2D eigenvalue weighted by Crippen LogP contribution is 2.17. The molecule has 0 amide bonds. The van der Waals surface area contributed by atoms with Gasteiger partial charge in [-0.25, -0.2) is 4.39 Å². The smallest absolute Gasteiger partial charge is 0.137 e. The van der Waals surface area contributed by atoms with Gasteiger partial charge in [0.15, 0.2) is 0 Å². The molecule has 20 heavy (non-hydrogen) atoms. The van der Waals surface area contributed by atoms with E-state index in [2.05, 4.69) is 38.3 Å². The molecule has 0 aliphatic carbocycles. The van der Waals surface area contributed by atoms with Gasteiger partial charge >= 0.3 is 0 Å². The van der Waals surface area contributed by atoms with Crippen molar-refractivity contribution < 1.29 is 4.39 Å². The summed E-state index contributed by atoms with van der Waals surface area (Å²) in [6, 6.07) is 13.5. The first kappa shape index (κ1) is 15.0. The van der Waals surface area contributed by atoms with Crippen LogP contribution in [0.5, 0.6) is 0 Å². The molecular formula is C16H18BrFN2. The van der Waals surface area contributed by atoms with Crippen LogP contribution in [0.25, 0.3) is 0 Å². The lowest BCUT2D eigenvalue weighted by atomic mass is 10.2. The number of anilines is 1. The van der Waals surface area contributed by atoms with Gasteiger partial charge in [-0.3, -0.25) is 0 Å². The lowest BCUT2D eigenvalue weighted by Crippen LogP contribution is -2.10. The molecule has 0 aliphatic rings. The first-order valence-corrected chi connectivity index (χ1v) is 7.25. The minimum atomic E-state index is -0.231. The predicted molar refractivity (Wildman–Crippen MR) is 85.3 cm³/mol. The van der Waals surface area contributed by atoms with E-state index in [-0.39, 0.29) is 5.82 Å². The fourth-order valence-electron chi connectivity index (χ4n) is 1.95. The van der Waals surface area contributed by atoms with E-state index in [1.807, 2.05) is 32.3 Å². The SMILES string of the molecule is CN(C)Cc1ccc(NCc2ccc(Br)c(F)c2)cc1. The molecule has 1 N–H and O–H groups in total. The maximum absolute atomic E-state index is 13.4. The van der Waals surface area contributed by atoms with E-state index in [0.29, 0.717) is 11.0 Å². The Morgan fingerprint density at radius 3 is 2.30 bits per heavy atom. The highest BCUT2D eigenvalue weighted by atomic mass is 79.9. The van der Waals surface area contributed by atoms with E-state index in [9.17, 15) is 4.39 Å². The zero-order valence-corrected chi connectivity index (χ0v) is 13.2. The number of rotatable bonds is 5. The van der Waals surface area contributed by atoms with Gasteiger partial charge in [-0.15, -0.1) is 0 Å². The summed E-state index contributed by atoms with van der Waals surface area (Å²) in [6.07, 6.45) is 0. The molecule has 0 fully saturated rings. The van der Waals surface area contributed by atoms with Crippen LogP contribution in [0.4, 0.5) is 10.1 Å². The zero-order valence-electron chi connectivity index (χ0n) is 11.7. The molecule has 2 aromatic carbocycles. The highest BCUT2D eigenvalue weighted by Gasteiger charge is 2.01. The lowest BCUT2D eigenvalue weighted by Gasteiger charge is -2.11. The average molecular weight is 337 g/mol. The molecule has 106 valence electrons. The van der Waals surface area contributed by atoms with Crippen molar-refractivity contribution in [3.63, 3.8) is 0 Å². The van der Waals surface area contributed by atoms with Crippen LogP contribution in [-0.4, -0.2) is 19.0 Å². The molecule has 0 aliphatic heterocycles. The molecule has 0 heterocycles. The van der Waals surface area contributed by atoms with Crippen molar-refractivity contribution in [3.05, 3.63) is 63.9 Å². The van der Waals surface area contributed by atoms with Gasteiger partial charge in [-0.1, -0.05) is 18.2 Å². The van der Waals surface area contributed by atoms with E-state index >= 15 is 0 Å². The number of benzene rings is 2. The Bertz CT molecular complexity index is 567. The van der Waals surface area contributed by atoms with Gasteiger partial charge < -0.3 is 10.2 Å². The molecule has 0 saturated carbocycles. The second-order valence-electron chi connectivity index (χ2n) is 5.04. The van der Waals surface area contributed by atoms with Gasteiger partial charge in [0, 0.05) is 18.8 Å². The second kappa shape index (κ2) is 6.86. The lowest BCUT2D eigenvalue weighted by molar-refractivity contribution is 0.402. The van der Waals surface area contributed by atoms with Crippen molar-refractivity contribution in [2.75, 3.05) is 19.4 Å². The predicted octanol–water partition coefficient (Wildman–Crippen LogP) is 4.26. The molecule has 2 aromatic rings. The van der Waals surface area contributed by atoms with Crippen LogP contribution in [0.3, 0.4) is 0 Å². The van der Waals surface area contributed by atoms with E-state index < -0.39 is 0 Å². The molecule has 0 saturated heterocycles. The molecule has 0 bridgehead atoms. The summed E-state index contributed by atoms with van der Waals surface area (Å²) in [5, 5.41) is 3.29. The largest absolute Gasteiger partial charge is 0.381 e. The maximum atomic E-state index is 13.4. The molecule has 0 spiro atoms. The molecular weight excluding hydrogens is 319 g/mol. The van der Waals surface area contributed by atoms with Crippen LogP contribution in [0.1, 0.15) is 11.1 Å². The molecule has 2 rings (SSSR count). The Kier molecular flexibility index (Phi) is 5.15. The minimum Gasteiger partial charge on any atom is -0.381 e. The first-order chi connectivity index (χ1) is 9.54. The Morgan fingerprint density at radius 1 is 1.05 bits per heavy atom. The van der Waals surface area contributed by atoms with Crippen LogP contribution in [0.15, 0.2) is 46.9 Å². The summed E-state index contributed by atoms with van der Waals surface area (Å²) < 4.78 is 13.9. The number of hydrogen-bond donors (Lipinski definition) is 1. The summed E-state index contributed by atoms with van der Waals surface area (Å²) in [4.78, 5) is 2.13. The molecule has 0 aromatic heterocycles. The van der Waals surface area contributed by atoms with Gasteiger partial charge in [0.05, 0.1) is 4.47 Å². The Hall–Kier alpha value is -1.39. The van der Waals surface area contributed by atoms with E-state index in [1.54, 1.807) is 6.07 Å². The highest BCUT2D eigenvalue weighted by molar-refractivity contribution is 9.10. The Balaban J connectivity index is 1.95. The Morgan fingerprint density at radius 2 is 1.70 bits per heavy atom. The first-order valence-electron chi connectivity index (χ1n) is 6.46. The zero-order chi connectivity index (χ0) is 14.5. The standard InChI is InChI=1S/C16H18BrFN2/c1-20(2)11-12-3-6-14(7-4-12)19-10-13-5-8-15(17)16(18)9-13/h3-9,19H,10-11H2,1-2H3. The van der Waals surface area contributed by atoms with Crippen LogP contribution in [-0.2, 0) is 13.1 Å². The van der Waals surface area contributed by atoms with E-state index in [0.717, 1.165) is 17.8 Å². The quantitative estimate of drug-likeness (QED) is 0.877. The minimum absolute atomic E-state index is 0.231. The molecule has 0 atom stereocenters. The normalized spacial score (nSPS) is 10.8. The second-order valence-corrected chi connectivity index (χ2v) is 5.89. The van der Waals surface area contributed by atoms with Gasteiger partial charge in [-0.05, 0) is 65.4 Å². The number of hydrogen-bond acceptors (Lipinski definition) is 2. The molecule has 2 nitrogen and oxygen atoms in total. The fraction of sp³-hybridized carbons (Fsp3) is 0.250. The van der Waals surface area contributed by atoms with Gasteiger partial charge in [0.2, 0.25) is 0 Å². The monoisotopic (exact) mass is 336 g/mol. The van der Waals surface area contributed by atoms with Crippen molar-refractivity contribution in [1.82, 2.24) is 4.90 Å². The van der Waals surface area contributed by atoms with Crippen molar-refractivity contribution in [2.24, 2.45) is 0 Å². The molecule has 0 unspecified atom stereocenters. The molecule has 4 heteroatoms. The van der Waals surface area contributed by atoms with Gasteiger partial charge in [-0.2, -0.15) is 0 Å². The number of nitrogens with zero attached hydrogens (tertiary/aromatic N) is 1. The van der Waals surface area contributed by atoms with Crippen molar-refractivity contribution in [2.45, 2.75) is 13.1 Å². The third-order valence-electron chi connectivity index (χ3n) is 2.93. The van der Waals surface area contributed by atoms with Crippen LogP contribution >= 0.6 is 15.9 Å². The molecule has 0 radical (unpaired) electrons. The van der Waals surface area contributed by atoms with E-state index in [1.165, 1.54) is 11.6 Å². The fourth-order valence-corrected chi connectivity index (χ4v) is 2.19.